The van der Waals surface area contributed by atoms with Gasteiger partial charge in [-0.2, -0.15) is 0 Å². The second kappa shape index (κ2) is 10.5. The number of hydrogen-bond donors (Lipinski definition) is 0. The van der Waals surface area contributed by atoms with Gasteiger partial charge >= 0.3 is 0 Å². The van der Waals surface area contributed by atoms with Crippen LogP contribution < -0.4 is 9.47 Å². The Bertz CT molecular complexity index is 975. The van der Waals surface area contributed by atoms with Gasteiger partial charge in [-0.05, 0) is 49.7 Å². The summed E-state index contributed by atoms with van der Waals surface area (Å²) in [4.78, 5) is 19.6. The predicted octanol–water partition coefficient (Wildman–Crippen LogP) is 5.83. The normalized spacial score (nSPS) is 11.7. The molecule has 2 aromatic carbocycles. The number of halogens is 1. The van der Waals surface area contributed by atoms with Crippen molar-refractivity contribution in [2.75, 3.05) is 7.11 Å². The summed E-state index contributed by atoms with van der Waals surface area (Å²) in [6.07, 6.45) is 0.854. The van der Waals surface area contributed by atoms with Crippen molar-refractivity contribution in [3.05, 3.63) is 75.2 Å². The lowest BCUT2D eigenvalue weighted by molar-refractivity contribution is 0.0669. The van der Waals surface area contributed by atoms with Crippen LogP contribution >= 0.6 is 22.9 Å². The highest BCUT2D eigenvalue weighted by atomic mass is 35.5. The molecule has 1 atom stereocenters. The van der Waals surface area contributed by atoms with Crippen molar-refractivity contribution in [2.24, 2.45) is 0 Å². The van der Waals surface area contributed by atoms with Crippen molar-refractivity contribution < 1.29 is 14.3 Å². The molecule has 0 bridgehead atoms. The molecule has 5 nitrogen and oxygen atoms in total. The lowest BCUT2D eigenvalue weighted by atomic mass is 10.1. The first kappa shape index (κ1) is 22.1. The summed E-state index contributed by atoms with van der Waals surface area (Å²) in [5, 5.41) is 3.44. The zero-order valence-corrected chi connectivity index (χ0v) is 18.9. The van der Waals surface area contributed by atoms with E-state index in [0.717, 1.165) is 17.1 Å². The van der Waals surface area contributed by atoms with Crippen LogP contribution in [0.15, 0.2) is 53.9 Å². The van der Waals surface area contributed by atoms with Gasteiger partial charge in [0.05, 0.1) is 19.3 Å². The van der Waals surface area contributed by atoms with Gasteiger partial charge in [-0.1, -0.05) is 30.7 Å². The molecule has 0 aliphatic carbocycles. The molecule has 0 unspecified atom stereocenters. The van der Waals surface area contributed by atoms with E-state index < -0.39 is 0 Å². The van der Waals surface area contributed by atoms with Gasteiger partial charge < -0.3 is 14.4 Å². The number of aromatic nitrogens is 1. The zero-order valence-electron chi connectivity index (χ0n) is 17.3. The Balaban J connectivity index is 1.69. The SMILES string of the molecule is CC[C@@H](C)N(Cc1csc(COc2ccccc2OC)n1)C(=O)c1ccc(Cl)cc1. The molecular weight excluding hydrogens is 420 g/mol. The maximum atomic E-state index is 13.1. The van der Waals surface area contributed by atoms with Gasteiger partial charge in [0.1, 0.15) is 11.6 Å². The fourth-order valence-corrected chi connectivity index (χ4v) is 3.77. The van der Waals surface area contributed by atoms with Crippen LogP contribution in [0.25, 0.3) is 0 Å². The molecule has 0 aliphatic heterocycles. The lowest BCUT2D eigenvalue weighted by Crippen LogP contribution is -2.37. The highest BCUT2D eigenvalue weighted by Gasteiger charge is 2.22. The van der Waals surface area contributed by atoms with Gasteiger partial charge in [0, 0.05) is 22.0 Å². The number of methoxy groups -OCH3 is 1. The van der Waals surface area contributed by atoms with Crippen LogP contribution in [0.3, 0.4) is 0 Å². The van der Waals surface area contributed by atoms with Gasteiger partial charge in [0.25, 0.3) is 5.91 Å². The quantitative estimate of drug-likeness (QED) is 0.417. The number of benzene rings is 2. The van der Waals surface area contributed by atoms with Crippen molar-refractivity contribution in [1.82, 2.24) is 9.88 Å². The number of hydrogen-bond acceptors (Lipinski definition) is 5. The predicted molar refractivity (Wildman–Crippen MR) is 121 cm³/mol. The van der Waals surface area contributed by atoms with Crippen LogP contribution in [0.4, 0.5) is 0 Å². The van der Waals surface area contributed by atoms with Gasteiger partial charge in [0.15, 0.2) is 11.5 Å². The second-order valence-corrected chi connectivity index (χ2v) is 8.25. The molecule has 0 radical (unpaired) electrons. The van der Waals surface area contributed by atoms with E-state index in [2.05, 4.69) is 11.9 Å². The molecule has 1 aromatic heterocycles. The Morgan fingerprint density at radius 1 is 1.17 bits per heavy atom. The van der Waals surface area contributed by atoms with E-state index in [0.29, 0.717) is 35.2 Å². The highest BCUT2D eigenvalue weighted by molar-refractivity contribution is 7.09. The van der Waals surface area contributed by atoms with E-state index >= 15 is 0 Å². The first-order valence-corrected chi connectivity index (χ1v) is 11.0. The Labute approximate surface area is 186 Å². The molecule has 1 amide bonds. The summed E-state index contributed by atoms with van der Waals surface area (Å²) in [6.45, 7) is 4.91. The molecule has 0 saturated heterocycles. The lowest BCUT2D eigenvalue weighted by Gasteiger charge is -2.28. The third kappa shape index (κ3) is 5.52. The average molecular weight is 445 g/mol. The molecule has 0 aliphatic rings. The topological polar surface area (TPSA) is 51.7 Å². The van der Waals surface area contributed by atoms with Crippen molar-refractivity contribution in [3.63, 3.8) is 0 Å². The molecule has 0 spiro atoms. The maximum Gasteiger partial charge on any atom is 0.254 e. The number of para-hydroxylation sites is 2. The molecule has 30 heavy (non-hydrogen) atoms. The fraction of sp³-hybridized carbons (Fsp3) is 0.304. The highest BCUT2D eigenvalue weighted by Crippen LogP contribution is 2.27. The molecule has 158 valence electrons. The van der Waals surface area contributed by atoms with Crippen molar-refractivity contribution in [1.29, 1.82) is 0 Å². The Morgan fingerprint density at radius 2 is 1.87 bits per heavy atom. The van der Waals surface area contributed by atoms with E-state index in [1.807, 2.05) is 41.5 Å². The first-order chi connectivity index (χ1) is 14.5. The van der Waals surface area contributed by atoms with Gasteiger partial charge in [-0.3, -0.25) is 4.79 Å². The molecule has 3 aromatic rings. The zero-order chi connectivity index (χ0) is 21.5. The van der Waals surface area contributed by atoms with Gasteiger partial charge in [0.2, 0.25) is 0 Å². The first-order valence-electron chi connectivity index (χ1n) is 9.77. The molecule has 0 saturated carbocycles. The van der Waals surface area contributed by atoms with E-state index in [1.165, 1.54) is 11.3 Å². The van der Waals surface area contributed by atoms with Gasteiger partial charge in [-0.25, -0.2) is 4.98 Å². The number of amides is 1. The average Bonchev–Trinajstić information content (AvgIpc) is 3.23. The summed E-state index contributed by atoms with van der Waals surface area (Å²) >= 11 is 7.48. The van der Waals surface area contributed by atoms with Crippen molar-refractivity contribution in [3.8, 4) is 11.5 Å². The molecule has 7 heteroatoms. The number of thiazole rings is 1. The molecule has 1 heterocycles. The summed E-state index contributed by atoms with van der Waals surface area (Å²) in [6, 6.07) is 14.6. The van der Waals surface area contributed by atoms with Crippen molar-refractivity contribution in [2.45, 2.75) is 39.5 Å². The second-order valence-electron chi connectivity index (χ2n) is 6.87. The number of nitrogens with zero attached hydrogens (tertiary/aromatic N) is 2. The van der Waals surface area contributed by atoms with Crippen LogP contribution in [-0.4, -0.2) is 28.9 Å². The number of ether oxygens (including phenoxy) is 2. The number of carbonyl (C=O) groups excluding carboxylic acids is 1. The fourth-order valence-electron chi connectivity index (χ4n) is 2.95. The monoisotopic (exact) mass is 444 g/mol. The minimum Gasteiger partial charge on any atom is -0.493 e. The third-order valence-electron chi connectivity index (χ3n) is 4.83. The summed E-state index contributed by atoms with van der Waals surface area (Å²) in [5.41, 5.74) is 1.47. The molecule has 3 rings (SSSR count). The van der Waals surface area contributed by atoms with Crippen LogP contribution in [0.1, 0.15) is 41.3 Å². The van der Waals surface area contributed by atoms with Crippen LogP contribution in [0.2, 0.25) is 5.02 Å². The summed E-state index contributed by atoms with van der Waals surface area (Å²) in [7, 11) is 1.62. The molecule has 0 N–H and O–H groups in total. The largest absolute Gasteiger partial charge is 0.493 e. The summed E-state index contributed by atoms with van der Waals surface area (Å²) in [5.74, 6) is 1.34. The third-order valence-corrected chi connectivity index (χ3v) is 5.95. The van der Waals surface area contributed by atoms with Crippen LogP contribution in [-0.2, 0) is 13.2 Å². The molecule has 0 fully saturated rings. The number of rotatable bonds is 9. The van der Waals surface area contributed by atoms with E-state index in [4.69, 9.17) is 21.1 Å². The standard InChI is InChI=1S/C23H25ClN2O3S/c1-4-16(2)26(23(27)17-9-11-18(24)12-10-17)13-19-15-30-22(25-19)14-29-21-8-6-5-7-20(21)28-3/h5-12,15-16H,4,13-14H2,1-3H3/t16-/m1/s1. The minimum absolute atomic E-state index is 0.0270. The molecular formula is C23H25ClN2O3S. The van der Waals surface area contributed by atoms with E-state index in [1.54, 1.807) is 31.4 Å². The smallest absolute Gasteiger partial charge is 0.254 e. The van der Waals surface area contributed by atoms with Crippen LogP contribution in [0.5, 0.6) is 11.5 Å². The summed E-state index contributed by atoms with van der Waals surface area (Å²) < 4.78 is 11.2. The van der Waals surface area contributed by atoms with Gasteiger partial charge in [-0.15, -0.1) is 11.3 Å². The van der Waals surface area contributed by atoms with E-state index in [9.17, 15) is 4.79 Å². The van der Waals surface area contributed by atoms with Crippen LogP contribution in [0, 0.1) is 0 Å². The van der Waals surface area contributed by atoms with E-state index in [-0.39, 0.29) is 11.9 Å². The number of carbonyl (C=O) groups is 1. The Kier molecular flexibility index (Phi) is 7.71. The Morgan fingerprint density at radius 3 is 2.53 bits per heavy atom. The Hall–Kier alpha value is -2.57. The minimum atomic E-state index is -0.0270. The van der Waals surface area contributed by atoms with Crippen molar-refractivity contribution >= 4 is 28.8 Å². The maximum absolute atomic E-state index is 13.1.